The van der Waals surface area contributed by atoms with Crippen molar-refractivity contribution in [1.29, 1.82) is 0 Å². The first-order valence-electron chi connectivity index (χ1n) is 3.97. The highest BCUT2D eigenvalue weighted by atomic mass is 79.9. The molecule has 1 atom stereocenters. The van der Waals surface area contributed by atoms with Gasteiger partial charge in [-0.05, 0) is 28.9 Å². The zero-order chi connectivity index (χ0) is 10.9. The molecule has 1 unspecified atom stereocenters. The van der Waals surface area contributed by atoms with Crippen LogP contribution in [0.3, 0.4) is 0 Å². The first-order chi connectivity index (χ1) is 6.43. The van der Waals surface area contributed by atoms with Gasteiger partial charge in [-0.15, -0.1) is 0 Å². The third-order valence-electron chi connectivity index (χ3n) is 1.74. The molecule has 0 fully saturated rings. The molecule has 0 amide bonds. The number of halogens is 3. The lowest BCUT2D eigenvalue weighted by Crippen LogP contribution is -2.07. The monoisotopic (exact) mass is 266 g/mol. The molecule has 0 spiro atoms. The number of aliphatic hydroxyl groups excluding tert-OH is 1. The van der Waals surface area contributed by atoms with Crippen molar-refractivity contribution < 1.29 is 19.0 Å². The molecule has 0 aliphatic carbocycles. The fraction of sp³-hybridized carbons (Fsp3) is 0.333. The van der Waals surface area contributed by atoms with Crippen LogP contribution in [0.4, 0.5) is 8.78 Å². The van der Waals surface area contributed by atoms with Crippen LogP contribution in [0.2, 0.25) is 0 Å². The SMILES string of the molecule is CC(O)Cc1c(O)c(F)cc(Br)c1F. The molecular formula is C9H9BrF2O2. The molecule has 0 aromatic heterocycles. The molecule has 1 rings (SSSR count). The van der Waals surface area contributed by atoms with Crippen LogP contribution < -0.4 is 0 Å². The summed E-state index contributed by atoms with van der Waals surface area (Å²) < 4.78 is 26.2. The van der Waals surface area contributed by atoms with Gasteiger partial charge in [-0.1, -0.05) is 0 Å². The number of hydrogen-bond donors (Lipinski definition) is 2. The van der Waals surface area contributed by atoms with E-state index in [1.807, 2.05) is 0 Å². The molecule has 0 bridgehead atoms. The van der Waals surface area contributed by atoms with Crippen molar-refractivity contribution in [1.82, 2.24) is 0 Å². The van der Waals surface area contributed by atoms with Gasteiger partial charge in [0.05, 0.1) is 10.6 Å². The van der Waals surface area contributed by atoms with Crippen molar-refractivity contribution in [2.45, 2.75) is 19.4 Å². The Morgan fingerprint density at radius 1 is 1.50 bits per heavy atom. The first kappa shape index (κ1) is 11.4. The predicted octanol–water partition coefficient (Wildman–Crippen LogP) is 2.36. The van der Waals surface area contributed by atoms with E-state index in [-0.39, 0.29) is 16.5 Å². The number of aromatic hydroxyl groups is 1. The minimum atomic E-state index is -0.908. The van der Waals surface area contributed by atoms with Gasteiger partial charge in [-0.25, -0.2) is 8.78 Å². The Kier molecular flexibility index (Phi) is 3.44. The van der Waals surface area contributed by atoms with E-state index in [0.717, 1.165) is 6.07 Å². The van der Waals surface area contributed by atoms with E-state index in [1.54, 1.807) is 0 Å². The minimum absolute atomic E-state index is 0.0662. The van der Waals surface area contributed by atoms with Crippen LogP contribution in [0.1, 0.15) is 12.5 Å². The normalized spacial score (nSPS) is 12.9. The highest BCUT2D eigenvalue weighted by Crippen LogP contribution is 2.30. The predicted molar refractivity (Wildman–Crippen MR) is 51.1 cm³/mol. The summed E-state index contributed by atoms with van der Waals surface area (Å²) in [6.07, 6.45) is -0.974. The van der Waals surface area contributed by atoms with E-state index in [4.69, 9.17) is 5.11 Å². The van der Waals surface area contributed by atoms with Gasteiger partial charge < -0.3 is 10.2 Å². The lowest BCUT2D eigenvalue weighted by Gasteiger charge is -2.10. The van der Waals surface area contributed by atoms with Crippen LogP contribution in [0, 0.1) is 11.6 Å². The maximum Gasteiger partial charge on any atom is 0.166 e. The van der Waals surface area contributed by atoms with E-state index in [9.17, 15) is 13.9 Å². The smallest absolute Gasteiger partial charge is 0.166 e. The molecule has 1 aromatic rings. The molecular weight excluding hydrogens is 258 g/mol. The van der Waals surface area contributed by atoms with Gasteiger partial charge in [0.15, 0.2) is 11.6 Å². The largest absolute Gasteiger partial charge is 0.505 e. The molecule has 2 nitrogen and oxygen atoms in total. The number of hydrogen-bond acceptors (Lipinski definition) is 2. The van der Waals surface area contributed by atoms with E-state index < -0.39 is 23.5 Å². The summed E-state index contributed by atoms with van der Waals surface area (Å²) in [4.78, 5) is 0. The highest BCUT2D eigenvalue weighted by Gasteiger charge is 2.17. The fourth-order valence-corrected chi connectivity index (χ4v) is 1.56. The van der Waals surface area contributed by atoms with Gasteiger partial charge >= 0.3 is 0 Å². The summed E-state index contributed by atoms with van der Waals surface area (Å²) in [7, 11) is 0. The summed E-state index contributed by atoms with van der Waals surface area (Å²) in [5.74, 6) is -2.40. The quantitative estimate of drug-likeness (QED) is 0.807. The number of rotatable bonds is 2. The summed E-state index contributed by atoms with van der Waals surface area (Å²) >= 11 is 2.81. The maximum atomic E-state index is 13.3. The lowest BCUT2D eigenvalue weighted by atomic mass is 10.1. The summed E-state index contributed by atoms with van der Waals surface area (Å²) in [6.45, 7) is 1.43. The van der Waals surface area contributed by atoms with Crippen molar-refractivity contribution >= 4 is 15.9 Å². The van der Waals surface area contributed by atoms with Crippen molar-refractivity contribution in [3.05, 3.63) is 27.7 Å². The Morgan fingerprint density at radius 2 is 2.07 bits per heavy atom. The number of phenols is 1. The zero-order valence-corrected chi connectivity index (χ0v) is 8.98. The van der Waals surface area contributed by atoms with E-state index in [2.05, 4.69) is 15.9 Å². The summed E-state index contributed by atoms with van der Waals surface area (Å²) in [5, 5.41) is 18.2. The van der Waals surface area contributed by atoms with Crippen LogP contribution in [-0.2, 0) is 6.42 Å². The molecule has 0 heterocycles. The molecule has 2 N–H and O–H groups in total. The van der Waals surface area contributed by atoms with Crippen LogP contribution >= 0.6 is 15.9 Å². The molecule has 0 aliphatic heterocycles. The van der Waals surface area contributed by atoms with E-state index in [0.29, 0.717) is 0 Å². The van der Waals surface area contributed by atoms with Crippen LogP contribution in [0.25, 0.3) is 0 Å². The van der Waals surface area contributed by atoms with Gasteiger partial charge in [-0.2, -0.15) is 0 Å². The maximum absolute atomic E-state index is 13.3. The van der Waals surface area contributed by atoms with Gasteiger partial charge in [0.2, 0.25) is 0 Å². The molecule has 0 radical (unpaired) electrons. The minimum Gasteiger partial charge on any atom is -0.505 e. The van der Waals surface area contributed by atoms with Gasteiger partial charge in [-0.3, -0.25) is 0 Å². The van der Waals surface area contributed by atoms with Gasteiger partial charge in [0.1, 0.15) is 5.82 Å². The van der Waals surface area contributed by atoms with Crippen molar-refractivity contribution in [2.75, 3.05) is 0 Å². The molecule has 0 aliphatic rings. The Hall–Kier alpha value is -0.680. The summed E-state index contributed by atoms with van der Waals surface area (Å²) in [5.41, 5.74) is -0.216. The van der Waals surface area contributed by atoms with Gasteiger partial charge in [0, 0.05) is 12.0 Å². The van der Waals surface area contributed by atoms with Crippen LogP contribution in [-0.4, -0.2) is 16.3 Å². The molecule has 5 heteroatoms. The Bertz CT molecular complexity index is 327. The van der Waals surface area contributed by atoms with Crippen molar-refractivity contribution in [3.8, 4) is 5.75 Å². The third-order valence-corrected chi connectivity index (χ3v) is 2.32. The molecule has 0 saturated carbocycles. The molecule has 78 valence electrons. The Labute approximate surface area is 88.3 Å². The first-order valence-corrected chi connectivity index (χ1v) is 4.76. The second-order valence-corrected chi connectivity index (χ2v) is 3.89. The van der Waals surface area contributed by atoms with Crippen LogP contribution in [0.5, 0.6) is 5.75 Å². The topological polar surface area (TPSA) is 40.5 Å². The van der Waals surface area contributed by atoms with Crippen molar-refractivity contribution in [3.63, 3.8) is 0 Å². The average molecular weight is 267 g/mol. The Balaban J connectivity index is 3.25. The average Bonchev–Trinajstić information content (AvgIpc) is 2.09. The lowest BCUT2D eigenvalue weighted by molar-refractivity contribution is 0.192. The number of benzene rings is 1. The Morgan fingerprint density at radius 3 is 2.57 bits per heavy atom. The highest BCUT2D eigenvalue weighted by molar-refractivity contribution is 9.10. The zero-order valence-electron chi connectivity index (χ0n) is 7.39. The molecule has 0 saturated heterocycles. The number of phenolic OH excluding ortho intramolecular Hbond substituents is 1. The van der Waals surface area contributed by atoms with Crippen LogP contribution in [0.15, 0.2) is 10.5 Å². The van der Waals surface area contributed by atoms with Crippen molar-refractivity contribution in [2.24, 2.45) is 0 Å². The molecule has 14 heavy (non-hydrogen) atoms. The third kappa shape index (κ3) is 2.22. The second kappa shape index (κ2) is 4.23. The molecule has 1 aromatic carbocycles. The second-order valence-electron chi connectivity index (χ2n) is 3.03. The van der Waals surface area contributed by atoms with E-state index >= 15 is 0 Å². The standard InChI is InChI=1S/C9H9BrF2O2/c1-4(13)2-5-8(12)6(10)3-7(11)9(5)14/h3-4,13-14H,2H2,1H3. The summed E-state index contributed by atoms with van der Waals surface area (Å²) in [6, 6.07) is 0.843. The number of aliphatic hydroxyl groups is 1. The van der Waals surface area contributed by atoms with E-state index in [1.165, 1.54) is 6.92 Å². The fourth-order valence-electron chi connectivity index (χ4n) is 1.12. The van der Waals surface area contributed by atoms with Gasteiger partial charge in [0.25, 0.3) is 0 Å².